The van der Waals surface area contributed by atoms with E-state index in [0.717, 1.165) is 51.4 Å². The van der Waals surface area contributed by atoms with E-state index in [1.165, 1.54) is 12.0 Å². The number of rotatable bonds is 7. The van der Waals surface area contributed by atoms with Crippen LogP contribution in [0.15, 0.2) is 30.3 Å². The number of carbonyl (C=O) groups excluding carboxylic acids is 3. The van der Waals surface area contributed by atoms with Crippen LogP contribution in [0.4, 0.5) is 0 Å². The van der Waals surface area contributed by atoms with E-state index in [1.807, 2.05) is 30.3 Å². The van der Waals surface area contributed by atoms with Crippen molar-refractivity contribution in [3.8, 4) is 0 Å². The normalized spacial score (nSPS) is 27.8. The minimum Gasteiger partial charge on any atom is -0.354 e. The molecule has 2 saturated carbocycles. The Hall–Kier alpha value is -2.21. The molecule has 3 fully saturated rings. The first-order chi connectivity index (χ1) is 15.0. The van der Waals surface area contributed by atoms with Crippen LogP contribution in [0.2, 0.25) is 0 Å². The highest BCUT2D eigenvalue weighted by atomic mass is 16.2. The van der Waals surface area contributed by atoms with Crippen molar-refractivity contribution in [1.82, 2.24) is 15.5 Å². The summed E-state index contributed by atoms with van der Waals surface area (Å²) >= 11 is 0. The Morgan fingerprint density at radius 3 is 2.52 bits per heavy atom. The fourth-order valence-electron chi connectivity index (χ4n) is 5.75. The largest absolute Gasteiger partial charge is 0.354 e. The molecule has 168 valence electrons. The van der Waals surface area contributed by atoms with Gasteiger partial charge >= 0.3 is 0 Å². The number of amides is 3. The van der Waals surface area contributed by atoms with Crippen molar-refractivity contribution >= 4 is 17.7 Å². The third kappa shape index (κ3) is 4.40. The highest BCUT2D eigenvalue weighted by molar-refractivity contribution is 6.10. The van der Waals surface area contributed by atoms with Gasteiger partial charge in [0.2, 0.25) is 11.8 Å². The highest BCUT2D eigenvalue weighted by Crippen LogP contribution is 2.44. The van der Waals surface area contributed by atoms with Gasteiger partial charge in [-0.2, -0.15) is 0 Å². The van der Waals surface area contributed by atoms with Gasteiger partial charge in [0.15, 0.2) is 0 Å². The fourth-order valence-corrected chi connectivity index (χ4v) is 5.75. The van der Waals surface area contributed by atoms with E-state index in [-0.39, 0.29) is 29.7 Å². The van der Waals surface area contributed by atoms with E-state index >= 15 is 0 Å². The molecule has 1 heterocycles. The van der Waals surface area contributed by atoms with E-state index in [0.29, 0.717) is 13.0 Å². The first kappa shape index (κ1) is 22.0. The summed E-state index contributed by atoms with van der Waals surface area (Å²) in [7, 11) is 0. The lowest BCUT2D eigenvalue weighted by molar-refractivity contribution is -0.144. The lowest BCUT2D eigenvalue weighted by Gasteiger charge is -2.38. The molecule has 2 N–H and O–H groups in total. The molecule has 31 heavy (non-hydrogen) atoms. The minimum absolute atomic E-state index is 0.0132. The van der Waals surface area contributed by atoms with Crippen molar-refractivity contribution in [1.29, 1.82) is 0 Å². The van der Waals surface area contributed by atoms with Gasteiger partial charge in [0, 0.05) is 12.6 Å². The van der Waals surface area contributed by atoms with Crippen molar-refractivity contribution in [2.45, 2.75) is 88.8 Å². The number of nitrogens with zero attached hydrogens (tertiary/aromatic N) is 1. The molecule has 2 unspecified atom stereocenters. The Balaban J connectivity index is 1.42. The van der Waals surface area contributed by atoms with E-state index < -0.39 is 11.6 Å². The second-order valence-corrected chi connectivity index (χ2v) is 9.47. The number of fused-ring (bicyclic) bond motifs is 1. The van der Waals surface area contributed by atoms with Crippen molar-refractivity contribution < 1.29 is 14.4 Å². The maximum atomic E-state index is 13.6. The van der Waals surface area contributed by atoms with Crippen LogP contribution in [-0.4, -0.2) is 46.8 Å². The van der Waals surface area contributed by atoms with Gasteiger partial charge in [0.05, 0.1) is 12.0 Å². The standard InChI is InChI=1S/C25H35N3O3/c1-18(22(29)26-17-15-19-10-4-2-5-11-19)27-25-16-9-8-14-21(25)23(30)28(24(25)31)20-12-6-3-7-13-20/h2,4-5,10-11,18,20-21,27H,3,6-9,12-17H2,1H3,(H,26,29)/t18-,21?,25?/m0/s1. The summed E-state index contributed by atoms with van der Waals surface area (Å²) in [6, 6.07) is 9.55. The Kier molecular flexibility index (Phi) is 6.75. The summed E-state index contributed by atoms with van der Waals surface area (Å²) in [5, 5.41) is 6.35. The van der Waals surface area contributed by atoms with Crippen LogP contribution < -0.4 is 10.6 Å². The van der Waals surface area contributed by atoms with E-state index in [2.05, 4.69) is 10.6 Å². The number of likely N-dealkylation sites (tertiary alicyclic amines) is 1. The van der Waals surface area contributed by atoms with Gasteiger partial charge in [-0.25, -0.2) is 0 Å². The molecule has 0 spiro atoms. The molecule has 3 atom stereocenters. The number of imide groups is 1. The Bertz CT molecular complexity index is 805. The van der Waals surface area contributed by atoms with Gasteiger partial charge in [-0.3, -0.25) is 24.6 Å². The van der Waals surface area contributed by atoms with Crippen LogP contribution in [0, 0.1) is 5.92 Å². The van der Waals surface area contributed by atoms with Gasteiger partial charge in [0.25, 0.3) is 5.91 Å². The molecule has 0 bridgehead atoms. The molecule has 6 nitrogen and oxygen atoms in total. The number of carbonyl (C=O) groups is 3. The number of hydrogen-bond donors (Lipinski definition) is 2. The average Bonchev–Trinajstić information content (AvgIpc) is 3.01. The first-order valence-corrected chi connectivity index (χ1v) is 12.0. The smallest absolute Gasteiger partial charge is 0.250 e. The van der Waals surface area contributed by atoms with Crippen molar-refractivity contribution in [2.24, 2.45) is 5.92 Å². The third-order valence-corrected chi connectivity index (χ3v) is 7.41. The Labute approximate surface area is 185 Å². The van der Waals surface area contributed by atoms with E-state index in [9.17, 15) is 14.4 Å². The maximum absolute atomic E-state index is 13.6. The van der Waals surface area contributed by atoms with Gasteiger partial charge in [0.1, 0.15) is 5.54 Å². The van der Waals surface area contributed by atoms with Crippen LogP contribution in [0.5, 0.6) is 0 Å². The van der Waals surface area contributed by atoms with Gasteiger partial charge in [-0.1, -0.05) is 62.4 Å². The number of hydrogen-bond acceptors (Lipinski definition) is 4. The molecule has 0 aromatic heterocycles. The number of benzene rings is 1. The summed E-state index contributed by atoms with van der Waals surface area (Å²) in [6.07, 6.45) is 9.15. The number of nitrogens with one attached hydrogen (secondary N) is 2. The highest BCUT2D eigenvalue weighted by Gasteiger charge is 2.61. The zero-order valence-corrected chi connectivity index (χ0v) is 18.6. The third-order valence-electron chi connectivity index (χ3n) is 7.41. The molecule has 0 radical (unpaired) electrons. The summed E-state index contributed by atoms with van der Waals surface area (Å²) in [5.74, 6) is -0.555. The predicted molar refractivity (Wildman–Crippen MR) is 119 cm³/mol. The lowest BCUT2D eigenvalue weighted by Crippen LogP contribution is -2.62. The van der Waals surface area contributed by atoms with Crippen LogP contribution in [0.1, 0.15) is 70.3 Å². The van der Waals surface area contributed by atoms with Crippen LogP contribution >= 0.6 is 0 Å². The van der Waals surface area contributed by atoms with E-state index in [1.54, 1.807) is 11.8 Å². The topological polar surface area (TPSA) is 78.5 Å². The molecular formula is C25H35N3O3. The van der Waals surface area contributed by atoms with E-state index in [4.69, 9.17) is 0 Å². The molecule has 1 aliphatic heterocycles. The fraction of sp³-hybridized carbons (Fsp3) is 0.640. The monoisotopic (exact) mass is 425 g/mol. The molecule has 4 rings (SSSR count). The van der Waals surface area contributed by atoms with Crippen molar-refractivity contribution in [3.63, 3.8) is 0 Å². The first-order valence-electron chi connectivity index (χ1n) is 12.0. The summed E-state index contributed by atoms with van der Waals surface area (Å²) in [6.45, 7) is 2.35. The molecule has 3 amide bonds. The zero-order valence-electron chi connectivity index (χ0n) is 18.6. The average molecular weight is 426 g/mol. The molecule has 1 saturated heterocycles. The SMILES string of the molecule is C[C@H](NC12CCCCC1C(=O)N(C1CCCCC1)C2=O)C(=O)NCCc1ccccc1. The Morgan fingerprint density at radius 1 is 1.06 bits per heavy atom. The Morgan fingerprint density at radius 2 is 1.77 bits per heavy atom. The molecule has 1 aromatic carbocycles. The summed E-state index contributed by atoms with van der Waals surface area (Å²) in [4.78, 5) is 41.3. The molecule has 1 aromatic rings. The molecule has 3 aliphatic rings. The maximum Gasteiger partial charge on any atom is 0.250 e. The zero-order chi connectivity index (χ0) is 21.8. The lowest BCUT2D eigenvalue weighted by atomic mass is 9.74. The molecule has 2 aliphatic carbocycles. The van der Waals surface area contributed by atoms with Gasteiger partial charge in [-0.15, -0.1) is 0 Å². The summed E-state index contributed by atoms with van der Waals surface area (Å²) in [5.41, 5.74) is 0.261. The van der Waals surface area contributed by atoms with Crippen LogP contribution in [-0.2, 0) is 20.8 Å². The van der Waals surface area contributed by atoms with Crippen LogP contribution in [0.3, 0.4) is 0 Å². The molecule has 6 heteroatoms. The second-order valence-electron chi connectivity index (χ2n) is 9.47. The van der Waals surface area contributed by atoms with Crippen molar-refractivity contribution in [3.05, 3.63) is 35.9 Å². The predicted octanol–water partition coefficient (Wildman–Crippen LogP) is 2.95. The van der Waals surface area contributed by atoms with Gasteiger partial charge < -0.3 is 5.32 Å². The van der Waals surface area contributed by atoms with Crippen LogP contribution in [0.25, 0.3) is 0 Å². The summed E-state index contributed by atoms with van der Waals surface area (Å²) < 4.78 is 0. The van der Waals surface area contributed by atoms with Crippen molar-refractivity contribution in [2.75, 3.05) is 6.54 Å². The van der Waals surface area contributed by atoms with Gasteiger partial charge in [-0.05, 0) is 44.6 Å². The minimum atomic E-state index is -0.914. The quantitative estimate of drug-likeness (QED) is 0.659. The second kappa shape index (κ2) is 9.51. The molecular weight excluding hydrogens is 390 g/mol.